The number of phosphoric ester groups is 1. The first kappa shape index (κ1) is 53.2. The van der Waals surface area contributed by atoms with E-state index in [9.17, 15) is 19.4 Å². The number of amides is 1. The van der Waals surface area contributed by atoms with Crippen molar-refractivity contribution in [3.05, 3.63) is 60.8 Å². The van der Waals surface area contributed by atoms with Gasteiger partial charge < -0.3 is 28.8 Å². The van der Waals surface area contributed by atoms with Crippen LogP contribution in [0.15, 0.2) is 60.8 Å². The largest absolute Gasteiger partial charge is 0.756 e. The minimum atomic E-state index is -4.60. The Hall–Kier alpha value is -1.80. The summed E-state index contributed by atoms with van der Waals surface area (Å²) >= 11 is 0. The third-order valence-electron chi connectivity index (χ3n) is 9.44. The summed E-state index contributed by atoms with van der Waals surface area (Å²) in [5.41, 5.74) is 0. The average Bonchev–Trinajstić information content (AvgIpc) is 3.13. The van der Waals surface area contributed by atoms with Crippen LogP contribution in [-0.4, -0.2) is 68.5 Å². The molecule has 55 heavy (non-hydrogen) atoms. The number of likely N-dealkylation sites (N-methyl/N-ethyl adjacent to an activating group) is 1. The van der Waals surface area contributed by atoms with Gasteiger partial charge in [0.2, 0.25) is 5.91 Å². The number of aliphatic hydroxyl groups is 1. The van der Waals surface area contributed by atoms with Crippen LogP contribution in [0.2, 0.25) is 0 Å². The van der Waals surface area contributed by atoms with Gasteiger partial charge in [0, 0.05) is 6.42 Å². The van der Waals surface area contributed by atoms with E-state index in [4.69, 9.17) is 9.05 Å². The van der Waals surface area contributed by atoms with E-state index in [1.807, 2.05) is 27.2 Å². The Morgan fingerprint density at radius 1 is 0.655 bits per heavy atom. The van der Waals surface area contributed by atoms with Crippen LogP contribution >= 0.6 is 7.82 Å². The van der Waals surface area contributed by atoms with Crippen molar-refractivity contribution in [2.75, 3.05) is 40.9 Å². The highest BCUT2D eigenvalue weighted by Crippen LogP contribution is 2.38. The first-order chi connectivity index (χ1) is 26.5. The molecule has 3 unspecified atom stereocenters. The van der Waals surface area contributed by atoms with E-state index in [0.717, 1.165) is 64.2 Å². The number of hydrogen-bond acceptors (Lipinski definition) is 6. The molecule has 8 nitrogen and oxygen atoms in total. The highest BCUT2D eigenvalue weighted by atomic mass is 31.2. The molecule has 0 saturated heterocycles. The van der Waals surface area contributed by atoms with Crippen molar-refractivity contribution in [2.45, 2.75) is 187 Å². The second-order valence-corrected chi connectivity index (χ2v) is 17.4. The van der Waals surface area contributed by atoms with Crippen LogP contribution in [0.1, 0.15) is 174 Å². The number of nitrogens with zero attached hydrogens (tertiary/aromatic N) is 1. The quantitative estimate of drug-likeness (QED) is 0.0278. The zero-order chi connectivity index (χ0) is 40.7. The van der Waals surface area contributed by atoms with Crippen LogP contribution in [0, 0.1) is 0 Å². The summed E-state index contributed by atoms with van der Waals surface area (Å²) in [6, 6.07) is -0.909. The molecule has 0 aliphatic heterocycles. The van der Waals surface area contributed by atoms with Crippen molar-refractivity contribution in [1.29, 1.82) is 0 Å². The van der Waals surface area contributed by atoms with E-state index in [2.05, 4.69) is 67.8 Å². The van der Waals surface area contributed by atoms with Gasteiger partial charge in [-0.1, -0.05) is 164 Å². The molecule has 9 heteroatoms. The molecule has 0 radical (unpaired) electrons. The van der Waals surface area contributed by atoms with Crippen LogP contribution in [0.25, 0.3) is 0 Å². The van der Waals surface area contributed by atoms with Crippen LogP contribution in [0.3, 0.4) is 0 Å². The number of allylic oxidation sites excluding steroid dienone is 9. The smallest absolute Gasteiger partial charge is 0.268 e. The monoisotopic (exact) mass is 793 g/mol. The summed E-state index contributed by atoms with van der Waals surface area (Å²) in [5, 5.41) is 13.7. The lowest BCUT2D eigenvalue weighted by atomic mass is 10.0. The third-order valence-corrected chi connectivity index (χ3v) is 10.4. The Morgan fingerprint density at radius 3 is 1.67 bits per heavy atom. The number of aliphatic hydroxyl groups excluding tert-OH is 1. The molecule has 0 aliphatic carbocycles. The fourth-order valence-electron chi connectivity index (χ4n) is 5.91. The lowest BCUT2D eigenvalue weighted by Gasteiger charge is -2.29. The van der Waals surface area contributed by atoms with Crippen molar-refractivity contribution in [1.82, 2.24) is 5.32 Å². The highest BCUT2D eigenvalue weighted by Gasteiger charge is 2.23. The van der Waals surface area contributed by atoms with Crippen molar-refractivity contribution in [3.8, 4) is 0 Å². The molecule has 0 saturated carbocycles. The van der Waals surface area contributed by atoms with E-state index >= 15 is 0 Å². The van der Waals surface area contributed by atoms with Crippen LogP contribution in [0.4, 0.5) is 0 Å². The summed E-state index contributed by atoms with van der Waals surface area (Å²) in [4.78, 5) is 25.3. The van der Waals surface area contributed by atoms with Gasteiger partial charge in [-0.25, -0.2) is 0 Å². The molecule has 0 heterocycles. The summed E-state index contributed by atoms with van der Waals surface area (Å²) in [5.74, 6) is -0.216. The summed E-state index contributed by atoms with van der Waals surface area (Å²) in [6.45, 7) is 4.45. The topological polar surface area (TPSA) is 108 Å². The van der Waals surface area contributed by atoms with Gasteiger partial charge in [0.1, 0.15) is 13.2 Å². The molecule has 0 fully saturated rings. The second-order valence-electron chi connectivity index (χ2n) is 16.0. The molecular formula is C46H85N2O6P. The van der Waals surface area contributed by atoms with Gasteiger partial charge in [-0.2, -0.15) is 0 Å². The number of phosphoric acid groups is 1. The van der Waals surface area contributed by atoms with Gasteiger partial charge in [-0.05, 0) is 64.2 Å². The van der Waals surface area contributed by atoms with Gasteiger partial charge in [0.05, 0.1) is 39.9 Å². The zero-order valence-electron chi connectivity index (χ0n) is 36.1. The summed E-state index contributed by atoms with van der Waals surface area (Å²) in [7, 11) is 1.23. The molecule has 1 amide bonds. The van der Waals surface area contributed by atoms with E-state index in [1.165, 1.54) is 89.9 Å². The molecule has 0 bridgehead atoms. The van der Waals surface area contributed by atoms with E-state index in [1.54, 1.807) is 6.08 Å². The van der Waals surface area contributed by atoms with Gasteiger partial charge >= 0.3 is 0 Å². The molecule has 2 N–H and O–H groups in total. The first-order valence-corrected chi connectivity index (χ1v) is 23.6. The zero-order valence-corrected chi connectivity index (χ0v) is 37.0. The molecule has 0 rings (SSSR count). The maximum Gasteiger partial charge on any atom is 0.268 e. The van der Waals surface area contributed by atoms with Crippen LogP contribution < -0.4 is 10.2 Å². The fourth-order valence-corrected chi connectivity index (χ4v) is 6.64. The Balaban J connectivity index is 4.36. The third kappa shape index (κ3) is 40.2. The molecule has 0 aliphatic rings. The maximum absolute atomic E-state index is 12.8. The first-order valence-electron chi connectivity index (χ1n) is 22.2. The van der Waals surface area contributed by atoms with Gasteiger partial charge in [-0.15, -0.1) is 0 Å². The van der Waals surface area contributed by atoms with Gasteiger partial charge in [0.15, 0.2) is 0 Å². The fraction of sp³-hybridized carbons (Fsp3) is 0.761. The number of nitrogens with one attached hydrogen (secondary N) is 1. The van der Waals surface area contributed by atoms with Crippen LogP contribution in [-0.2, 0) is 18.4 Å². The SMILES string of the molecule is CC/C=C\C/C=C\CCCCCCCCCCCCCCCCC(=O)NC(COP(=O)([O-])OCC[N+](C)(C)C)C(O)/C=C/CC/C=C/CC/C=C/CCCC. The molecule has 320 valence electrons. The average molecular weight is 793 g/mol. The Kier molecular flexibility index (Phi) is 36.5. The molecule has 3 atom stereocenters. The Labute approximate surface area is 339 Å². The predicted octanol–water partition coefficient (Wildman–Crippen LogP) is 11.6. The standard InChI is InChI=1S/C46H85N2O6P/c1-6-8-10-12-14-16-18-20-21-22-23-24-25-26-27-28-30-32-34-36-38-40-46(50)47-44(43-54-55(51,52)53-42-41-48(3,4)5)45(49)39-37-35-33-31-29-19-17-15-13-11-9-7-2/h8,10,13-16,29,31,37,39,44-45,49H,6-7,9,11-12,17-28,30,32-36,38,40-43H2,1-5H3,(H-,47,50,51,52)/b10-8-,15-13+,16-14-,31-29+,39-37+. The molecule has 0 aromatic heterocycles. The minimum Gasteiger partial charge on any atom is -0.756 e. The normalized spacial score (nSPS) is 15.0. The van der Waals surface area contributed by atoms with Gasteiger partial charge in [-0.3, -0.25) is 9.36 Å². The van der Waals surface area contributed by atoms with E-state index < -0.39 is 26.6 Å². The lowest BCUT2D eigenvalue weighted by Crippen LogP contribution is -2.45. The lowest BCUT2D eigenvalue weighted by molar-refractivity contribution is -0.870. The summed E-state index contributed by atoms with van der Waals surface area (Å²) in [6.07, 6.45) is 48.5. The van der Waals surface area contributed by atoms with Crippen molar-refractivity contribution in [2.24, 2.45) is 0 Å². The molecular weight excluding hydrogens is 707 g/mol. The molecule has 0 spiro atoms. The number of hydrogen-bond donors (Lipinski definition) is 2. The Morgan fingerprint density at radius 2 is 1.13 bits per heavy atom. The molecule has 0 aromatic rings. The second kappa shape index (κ2) is 37.8. The Bertz CT molecular complexity index is 1080. The van der Waals surface area contributed by atoms with E-state index in [0.29, 0.717) is 17.4 Å². The van der Waals surface area contributed by atoms with Crippen LogP contribution in [0.5, 0.6) is 0 Å². The molecule has 0 aromatic carbocycles. The highest BCUT2D eigenvalue weighted by molar-refractivity contribution is 7.45. The van der Waals surface area contributed by atoms with Gasteiger partial charge in [0.25, 0.3) is 7.82 Å². The van der Waals surface area contributed by atoms with Crippen molar-refractivity contribution < 1.29 is 32.9 Å². The predicted molar refractivity (Wildman–Crippen MR) is 233 cm³/mol. The minimum absolute atomic E-state index is 0.0108. The summed E-state index contributed by atoms with van der Waals surface area (Å²) < 4.78 is 23.1. The number of unbranched alkanes of at least 4 members (excludes halogenated alkanes) is 18. The maximum atomic E-state index is 12.8. The number of carbonyl (C=O) groups is 1. The number of rotatable bonds is 39. The number of carbonyl (C=O) groups excluding carboxylic acids is 1. The van der Waals surface area contributed by atoms with E-state index in [-0.39, 0.29) is 12.5 Å². The van der Waals surface area contributed by atoms with Crippen molar-refractivity contribution in [3.63, 3.8) is 0 Å². The van der Waals surface area contributed by atoms with Crippen molar-refractivity contribution >= 4 is 13.7 Å². The number of quaternary nitrogens is 1.